The van der Waals surface area contributed by atoms with Gasteiger partial charge in [-0.3, -0.25) is 4.79 Å². The molecule has 1 aliphatic carbocycles. The van der Waals surface area contributed by atoms with Gasteiger partial charge < -0.3 is 10.3 Å². The normalized spacial score (nSPS) is 16.9. The molecule has 32 heavy (non-hydrogen) atoms. The SMILES string of the molecule is O=c1[nH]c(C2(c3cccc(-c4ncc(-c5ccccc5)s4)c3)CC2)nc2c1CNCCC2. The molecule has 0 saturated heterocycles. The Morgan fingerprint density at radius 2 is 1.84 bits per heavy atom. The number of fused-ring (bicyclic) bond motifs is 1. The zero-order valence-corrected chi connectivity index (χ0v) is 18.5. The van der Waals surface area contributed by atoms with Crippen molar-refractivity contribution >= 4 is 11.3 Å². The summed E-state index contributed by atoms with van der Waals surface area (Å²) in [7, 11) is 0. The fourth-order valence-corrected chi connectivity index (χ4v) is 5.55. The van der Waals surface area contributed by atoms with Gasteiger partial charge >= 0.3 is 0 Å². The second-order valence-corrected chi connectivity index (χ2v) is 9.71. The lowest BCUT2D eigenvalue weighted by atomic mass is 9.93. The molecule has 1 fully saturated rings. The number of thiazole rings is 1. The Morgan fingerprint density at radius 3 is 2.69 bits per heavy atom. The van der Waals surface area contributed by atoms with Gasteiger partial charge in [0.2, 0.25) is 0 Å². The van der Waals surface area contributed by atoms with Gasteiger partial charge in [0.1, 0.15) is 10.8 Å². The molecule has 2 aromatic heterocycles. The molecule has 0 spiro atoms. The summed E-state index contributed by atoms with van der Waals surface area (Å²) in [5.74, 6) is 0.824. The van der Waals surface area contributed by atoms with Crippen LogP contribution in [0.2, 0.25) is 0 Å². The molecule has 1 saturated carbocycles. The molecule has 6 heteroatoms. The highest BCUT2D eigenvalue weighted by atomic mass is 32.1. The number of benzene rings is 2. The van der Waals surface area contributed by atoms with Crippen LogP contribution in [0, 0.1) is 0 Å². The third-order valence-electron chi connectivity index (χ3n) is 6.60. The second kappa shape index (κ2) is 7.80. The molecule has 6 rings (SSSR count). The molecule has 5 nitrogen and oxygen atoms in total. The van der Waals surface area contributed by atoms with E-state index in [0.717, 1.165) is 64.8 Å². The number of aryl methyl sites for hydroxylation is 1. The van der Waals surface area contributed by atoms with Crippen molar-refractivity contribution in [1.29, 1.82) is 0 Å². The molecule has 2 aromatic carbocycles. The number of hydrogen-bond donors (Lipinski definition) is 2. The minimum atomic E-state index is -0.191. The molecular weight excluding hydrogens is 416 g/mol. The van der Waals surface area contributed by atoms with Crippen molar-refractivity contribution < 1.29 is 0 Å². The number of aromatic nitrogens is 3. The van der Waals surface area contributed by atoms with E-state index in [0.29, 0.717) is 6.54 Å². The number of nitrogens with one attached hydrogen (secondary N) is 2. The summed E-state index contributed by atoms with van der Waals surface area (Å²) < 4.78 is 0. The van der Waals surface area contributed by atoms with Crippen molar-refractivity contribution in [2.45, 2.75) is 37.6 Å². The van der Waals surface area contributed by atoms with Crippen LogP contribution in [0.3, 0.4) is 0 Å². The number of aromatic amines is 1. The number of rotatable bonds is 4. The lowest BCUT2D eigenvalue weighted by Crippen LogP contribution is -2.26. The van der Waals surface area contributed by atoms with Crippen LogP contribution in [-0.2, 0) is 18.4 Å². The highest BCUT2D eigenvalue weighted by Crippen LogP contribution is 2.52. The third kappa shape index (κ3) is 3.40. The van der Waals surface area contributed by atoms with E-state index in [1.807, 2.05) is 12.3 Å². The van der Waals surface area contributed by atoms with E-state index in [1.165, 1.54) is 11.1 Å². The van der Waals surface area contributed by atoms with Gasteiger partial charge in [0, 0.05) is 18.3 Å². The lowest BCUT2D eigenvalue weighted by molar-refractivity contribution is 0.678. The van der Waals surface area contributed by atoms with Gasteiger partial charge in [-0.25, -0.2) is 9.97 Å². The van der Waals surface area contributed by atoms with Gasteiger partial charge in [0.15, 0.2) is 0 Å². The Hall–Kier alpha value is -3.09. The molecule has 0 radical (unpaired) electrons. The molecule has 3 heterocycles. The Bertz CT molecular complexity index is 1340. The summed E-state index contributed by atoms with van der Waals surface area (Å²) in [5, 5.41) is 4.33. The van der Waals surface area contributed by atoms with Crippen LogP contribution in [0.15, 0.2) is 65.6 Å². The summed E-state index contributed by atoms with van der Waals surface area (Å²) in [6.07, 6.45) is 5.83. The van der Waals surface area contributed by atoms with Crippen LogP contribution in [0.5, 0.6) is 0 Å². The average Bonchev–Trinajstić information content (AvgIpc) is 3.56. The predicted molar refractivity (Wildman–Crippen MR) is 128 cm³/mol. The fraction of sp³-hybridized carbons (Fsp3) is 0.269. The maximum atomic E-state index is 12.8. The number of nitrogens with zero attached hydrogens (tertiary/aromatic N) is 2. The van der Waals surface area contributed by atoms with Gasteiger partial charge in [0.05, 0.1) is 21.5 Å². The standard InChI is InChI=1S/C26H24N4OS/c31-23-20-15-27-13-5-10-21(20)29-25(30-23)26(11-12-26)19-9-4-8-18(14-19)24-28-16-22(32-24)17-6-2-1-3-7-17/h1-4,6-9,14,16,27H,5,10-13,15H2,(H,29,30,31). The summed E-state index contributed by atoms with van der Waals surface area (Å²) in [6, 6.07) is 19.0. The molecule has 2 aliphatic rings. The molecule has 1 aliphatic heterocycles. The van der Waals surface area contributed by atoms with E-state index < -0.39 is 0 Å². The highest BCUT2D eigenvalue weighted by Gasteiger charge is 2.48. The van der Waals surface area contributed by atoms with E-state index in [-0.39, 0.29) is 11.0 Å². The van der Waals surface area contributed by atoms with Gasteiger partial charge in [0.25, 0.3) is 5.56 Å². The topological polar surface area (TPSA) is 70.7 Å². The van der Waals surface area contributed by atoms with Crippen molar-refractivity contribution in [3.63, 3.8) is 0 Å². The van der Waals surface area contributed by atoms with Crippen LogP contribution in [0.4, 0.5) is 0 Å². The van der Waals surface area contributed by atoms with Crippen LogP contribution in [0.1, 0.15) is 41.9 Å². The Morgan fingerprint density at radius 1 is 1.00 bits per heavy atom. The predicted octanol–water partition coefficient (Wildman–Crippen LogP) is 4.68. The number of H-pyrrole nitrogens is 1. The summed E-state index contributed by atoms with van der Waals surface area (Å²) in [5.41, 5.74) is 5.09. The minimum absolute atomic E-state index is 0.00857. The van der Waals surface area contributed by atoms with Gasteiger partial charge in [-0.1, -0.05) is 48.5 Å². The first-order chi connectivity index (χ1) is 15.7. The van der Waals surface area contributed by atoms with Crippen LogP contribution >= 0.6 is 11.3 Å². The summed E-state index contributed by atoms with van der Waals surface area (Å²) in [4.78, 5) is 26.8. The van der Waals surface area contributed by atoms with Crippen molar-refractivity contribution in [3.05, 3.63) is 93.8 Å². The maximum absolute atomic E-state index is 12.8. The molecule has 0 atom stereocenters. The van der Waals surface area contributed by atoms with Crippen LogP contribution in [0.25, 0.3) is 21.0 Å². The van der Waals surface area contributed by atoms with E-state index in [9.17, 15) is 4.79 Å². The molecule has 0 bridgehead atoms. The molecule has 160 valence electrons. The molecule has 2 N–H and O–H groups in total. The molecular formula is C26H24N4OS. The van der Waals surface area contributed by atoms with Crippen LogP contribution < -0.4 is 10.9 Å². The van der Waals surface area contributed by atoms with Gasteiger partial charge in [-0.2, -0.15) is 0 Å². The minimum Gasteiger partial charge on any atom is -0.312 e. The van der Waals surface area contributed by atoms with Crippen molar-refractivity contribution in [3.8, 4) is 21.0 Å². The van der Waals surface area contributed by atoms with Crippen molar-refractivity contribution in [2.24, 2.45) is 0 Å². The first kappa shape index (κ1) is 19.6. The second-order valence-electron chi connectivity index (χ2n) is 8.68. The molecule has 0 amide bonds. The number of hydrogen-bond acceptors (Lipinski definition) is 5. The highest BCUT2D eigenvalue weighted by molar-refractivity contribution is 7.18. The van der Waals surface area contributed by atoms with Gasteiger partial charge in [-0.15, -0.1) is 11.3 Å². The largest absolute Gasteiger partial charge is 0.312 e. The smallest absolute Gasteiger partial charge is 0.255 e. The third-order valence-corrected chi connectivity index (χ3v) is 7.69. The summed E-state index contributed by atoms with van der Waals surface area (Å²) >= 11 is 1.71. The lowest BCUT2D eigenvalue weighted by Gasteiger charge is -2.17. The van der Waals surface area contributed by atoms with Crippen LogP contribution in [-0.4, -0.2) is 21.5 Å². The first-order valence-electron chi connectivity index (χ1n) is 11.2. The van der Waals surface area contributed by atoms with E-state index in [1.54, 1.807) is 11.3 Å². The molecule has 4 aromatic rings. The Kier molecular flexibility index (Phi) is 4.77. The monoisotopic (exact) mass is 440 g/mol. The summed E-state index contributed by atoms with van der Waals surface area (Å²) in [6.45, 7) is 1.53. The van der Waals surface area contributed by atoms with E-state index in [4.69, 9.17) is 9.97 Å². The van der Waals surface area contributed by atoms with Crippen molar-refractivity contribution in [2.75, 3.05) is 6.54 Å². The quantitative estimate of drug-likeness (QED) is 0.484. The zero-order chi connectivity index (χ0) is 21.5. The maximum Gasteiger partial charge on any atom is 0.255 e. The first-order valence-corrected chi connectivity index (χ1v) is 12.0. The van der Waals surface area contributed by atoms with E-state index >= 15 is 0 Å². The Balaban J connectivity index is 1.36. The average molecular weight is 441 g/mol. The Labute approximate surface area is 190 Å². The van der Waals surface area contributed by atoms with Crippen molar-refractivity contribution in [1.82, 2.24) is 20.3 Å². The zero-order valence-electron chi connectivity index (χ0n) is 17.7. The van der Waals surface area contributed by atoms with Gasteiger partial charge in [-0.05, 0) is 49.4 Å². The molecule has 0 unspecified atom stereocenters. The fourth-order valence-electron chi connectivity index (χ4n) is 4.63. The van der Waals surface area contributed by atoms with E-state index in [2.05, 4.69) is 58.8 Å².